The minimum absolute atomic E-state index is 0.158. The summed E-state index contributed by atoms with van der Waals surface area (Å²) in [5.74, 6) is -0.601. The normalized spacial score (nSPS) is 12.3. The Hall–Kier alpha value is -1.46. The molecule has 0 fully saturated rings. The molecule has 1 N–H and O–H groups in total. The van der Waals surface area contributed by atoms with E-state index in [4.69, 9.17) is 9.72 Å². The van der Waals surface area contributed by atoms with Gasteiger partial charge in [0.1, 0.15) is 0 Å². The van der Waals surface area contributed by atoms with Crippen molar-refractivity contribution in [2.24, 2.45) is 0 Å². The molecule has 0 aliphatic carbocycles. The second-order valence-electron chi connectivity index (χ2n) is 5.44. The maximum absolute atomic E-state index is 11.7. The van der Waals surface area contributed by atoms with Gasteiger partial charge in [-0.15, -0.1) is 0 Å². The van der Waals surface area contributed by atoms with Crippen molar-refractivity contribution >= 4 is 32.7 Å². The predicted octanol–water partition coefficient (Wildman–Crippen LogP) is 3.81. The number of unbranched alkanes of at least 4 members (excludes halogenated alkanes) is 1. The quantitative estimate of drug-likeness (QED) is 0.743. The minimum Gasteiger partial charge on any atom is -0.464 e. The Morgan fingerprint density at radius 2 is 1.96 bits per heavy atom. The van der Waals surface area contributed by atoms with Crippen molar-refractivity contribution in [1.29, 1.82) is 0 Å². The number of halogens is 1. The highest BCUT2D eigenvalue weighted by molar-refractivity contribution is 9.10. The first-order valence-electron chi connectivity index (χ1n) is 7.99. The molecule has 5 heteroatoms. The number of aryl methyl sites for hydroxylation is 1. The Labute approximate surface area is 145 Å². The average molecular weight is 380 g/mol. The number of rotatable bonds is 7. The number of hydrogen-bond donors (Lipinski definition) is 1. The summed E-state index contributed by atoms with van der Waals surface area (Å²) in [7, 11) is 0. The van der Waals surface area contributed by atoms with E-state index in [1.165, 1.54) is 0 Å². The zero-order valence-electron chi connectivity index (χ0n) is 13.5. The summed E-state index contributed by atoms with van der Waals surface area (Å²) < 4.78 is 5.88. The van der Waals surface area contributed by atoms with Crippen molar-refractivity contribution in [1.82, 2.24) is 4.98 Å². The number of aliphatic hydroxyl groups excluding tert-OH is 1. The van der Waals surface area contributed by atoms with Crippen molar-refractivity contribution in [3.8, 4) is 0 Å². The second-order valence-corrected chi connectivity index (χ2v) is 6.23. The summed E-state index contributed by atoms with van der Waals surface area (Å²) in [6.45, 7) is 4.12. The SMILES string of the molecule is CCCCc1nc(CC(O)C(=O)OCC)c2ccccc2c1Br. The number of aromatic nitrogens is 1. The molecule has 23 heavy (non-hydrogen) atoms. The standard InChI is InChI=1S/C18H22BrNO3/c1-3-5-10-14-17(19)13-9-7-6-8-12(13)15(20-14)11-16(21)18(22)23-4-2/h6-9,16,21H,3-5,10-11H2,1-2H3. The van der Waals surface area contributed by atoms with Crippen LogP contribution in [0.15, 0.2) is 28.7 Å². The molecule has 124 valence electrons. The van der Waals surface area contributed by atoms with Gasteiger partial charge in [0.2, 0.25) is 0 Å². The number of carbonyl (C=O) groups is 1. The van der Waals surface area contributed by atoms with Gasteiger partial charge >= 0.3 is 5.97 Å². The van der Waals surface area contributed by atoms with Crippen LogP contribution in [0.2, 0.25) is 0 Å². The number of carbonyl (C=O) groups excluding carboxylic acids is 1. The monoisotopic (exact) mass is 379 g/mol. The summed E-state index contributed by atoms with van der Waals surface area (Å²) >= 11 is 3.65. The third kappa shape index (κ3) is 4.30. The molecule has 0 saturated carbocycles. The molecule has 4 nitrogen and oxygen atoms in total. The van der Waals surface area contributed by atoms with Crippen LogP contribution >= 0.6 is 15.9 Å². The van der Waals surface area contributed by atoms with Crippen molar-refractivity contribution in [3.05, 3.63) is 40.1 Å². The van der Waals surface area contributed by atoms with E-state index >= 15 is 0 Å². The first kappa shape index (κ1) is 17.9. The highest BCUT2D eigenvalue weighted by Crippen LogP contribution is 2.30. The van der Waals surface area contributed by atoms with Crippen LogP contribution in [-0.4, -0.2) is 28.8 Å². The Kier molecular flexibility index (Phi) is 6.54. The molecule has 2 rings (SSSR count). The molecule has 0 spiro atoms. The molecule has 0 aliphatic rings. The summed E-state index contributed by atoms with van der Waals surface area (Å²) in [6, 6.07) is 7.89. The van der Waals surface area contributed by atoms with Gasteiger partial charge in [0.25, 0.3) is 0 Å². The summed E-state index contributed by atoms with van der Waals surface area (Å²) in [5.41, 5.74) is 1.70. The van der Waals surface area contributed by atoms with Gasteiger partial charge in [-0.2, -0.15) is 0 Å². The fourth-order valence-electron chi connectivity index (χ4n) is 2.52. The number of esters is 1. The van der Waals surface area contributed by atoms with E-state index in [0.717, 1.165) is 45.9 Å². The lowest BCUT2D eigenvalue weighted by molar-refractivity contribution is -0.152. The number of ether oxygens (including phenoxy) is 1. The molecule has 1 aromatic heterocycles. The number of pyridine rings is 1. The molecule has 0 radical (unpaired) electrons. The molecular formula is C18H22BrNO3. The van der Waals surface area contributed by atoms with Crippen LogP contribution in [0.4, 0.5) is 0 Å². The number of nitrogens with zero attached hydrogens (tertiary/aromatic N) is 1. The average Bonchev–Trinajstić information content (AvgIpc) is 2.56. The van der Waals surface area contributed by atoms with Crippen LogP contribution in [0.25, 0.3) is 10.8 Å². The van der Waals surface area contributed by atoms with Gasteiger partial charge in [-0.05, 0) is 41.1 Å². The highest BCUT2D eigenvalue weighted by atomic mass is 79.9. The van der Waals surface area contributed by atoms with Crippen molar-refractivity contribution < 1.29 is 14.6 Å². The maximum Gasteiger partial charge on any atom is 0.335 e. The fraction of sp³-hybridized carbons (Fsp3) is 0.444. The van der Waals surface area contributed by atoms with Gasteiger partial charge in [-0.25, -0.2) is 4.79 Å². The lowest BCUT2D eigenvalue weighted by Crippen LogP contribution is -2.26. The van der Waals surface area contributed by atoms with E-state index < -0.39 is 12.1 Å². The van der Waals surface area contributed by atoms with Crippen LogP contribution in [0.3, 0.4) is 0 Å². The molecule has 1 aromatic carbocycles. The van der Waals surface area contributed by atoms with E-state index in [0.29, 0.717) is 0 Å². The van der Waals surface area contributed by atoms with Gasteiger partial charge in [0, 0.05) is 16.3 Å². The van der Waals surface area contributed by atoms with Crippen LogP contribution in [0, 0.1) is 0 Å². The van der Waals surface area contributed by atoms with Crippen LogP contribution in [-0.2, 0) is 22.4 Å². The predicted molar refractivity (Wildman–Crippen MR) is 94.4 cm³/mol. The lowest BCUT2D eigenvalue weighted by atomic mass is 10.0. The largest absolute Gasteiger partial charge is 0.464 e. The molecule has 1 unspecified atom stereocenters. The number of benzene rings is 1. The van der Waals surface area contributed by atoms with Crippen molar-refractivity contribution in [3.63, 3.8) is 0 Å². The van der Waals surface area contributed by atoms with E-state index in [1.807, 2.05) is 24.3 Å². The van der Waals surface area contributed by atoms with Crippen LogP contribution in [0.5, 0.6) is 0 Å². The fourth-order valence-corrected chi connectivity index (χ4v) is 3.16. The smallest absolute Gasteiger partial charge is 0.335 e. The molecule has 0 aliphatic heterocycles. The second kappa shape index (κ2) is 8.41. The Balaban J connectivity index is 2.41. The highest BCUT2D eigenvalue weighted by Gasteiger charge is 2.20. The zero-order valence-corrected chi connectivity index (χ0v) is 15.1. The Bertz CT molecular complexity index is 687. The molecule has 0 bridgehead atoms. The molecule has 0 amide bonds. The Morgan fingerprint density at radius 1 is 1.26 bits per heavy atom. The van der Waals surface area contributed by atoms with E-state index in [-0.39, 0.29) is 13.0 Å². The van der Waals surface area contributed by atoms with Gasteiger partial charge in [-0.1, -0.05) is 37.6 Å². The molecule has 1 atom stereocenters. The van der Waals surface area contributed by atoms with Crippen LogP contribution in [0.1, 0.15) is 38.1 Å². The third-order valence-electron chi connectivity index (χ3n) is 3.71. The van der Waals surface area contributed by atoms with Gasteiger partial charge in [-0.3, -0.25) is 4.98 Å². The Morgan fingerprint density at radius 3 is 2.61 bits per heavy atom. The first-order valence-corrected chi connectivity index (χ1v) is 8.78. The van der Waals surface area contributed by atoms with E-state index in [9.17, 15) is 9.90 Å². The summed E-state index contributed by atoms with van der Waals surface area (Å²) in [5, 5.41) is 12.1. The third-order valence-corrected chi connectivity index (χ3v) is 4.60. The molecule has 1 heterocycles. The van der Waals surface area contributed by atoms with Gasteiger partial charge in [0.05, 0.1) is 18.0 Å². The maximum atomic E-state index is 11.7. The van der Waals surface area contributed by atoms with Gasteiger partial charge < -0.3 is 9.84 Å². The van der Waals surface area contributed by atoms with Crippen LogP contribution < -0.4 is 0 Å². The number of aliphatic hydroxyl groups is 1. The van der Waals surface area contributed by atoms with E-state index in [1.54, 1.807) is 6.92 Å². The zero-order chi connectivity index (χ0) is 16.8. The molecule has 2 aromatic rings. The molecular weight excluding hydrogens is 358 g/mol. The number of hydrogen-bond acceptors (Lipinski definition) is 4. The minimum atomic E-state index is -1.19. The topological polar surface area (TPSA) is 59.4 Å². The summed E-state index contributed by atoms with van der Waals surface area (Å²) in [6.07, 6.45) is 1.97. The summed E-state index contributed by atoms with van der Waals surface area (Å²) in [4.78, 5) is 16.4. The lowest BCUT2D eigenvalue weighted by Gasteiger charge is -2.14. The number of fused-ring (bicyclic) bond motifs is 1. The molecule has 0 saturated heterocycles. The van der Waals surface area contributed by atoms with Crippen molar-refractivity contribution in [2.75, 3.05) is 6.61 Å². The van der Waals surface area contributed by atoms with Crippen molar-refractivity contribution in [2.45, 2.75) is 45.6 Å². The van der Waals surface area contributed by atoms with Gasteiger partial charge in [0.15, 0.2) is 6.10 Å². The van der Waals surface area contributed by atoms with E-state index in [2.05, 4.69) is 22.9 Å². The first-order chi connectivity index (χ1) is 11.1.